The van der Waals surface area contributed by atoms with Crippen LogP contribution in [0.3, 0.4) is 0 Å². The number of rotatable bonds is 5. The van der Waals surface area contributed by atoms with Crippen molar-refractivity contribution < 1.29 is 4.79 Å². The van der Waals surface area contributed by atoms with E-state index in [0.717, 1.165) is 22.0 Å². The van der Waals surface area contributed by atoms with Crippen LogP contribution in [-0.4, -0.2) is 26.1 Å². The maximum absolute atomic E-state index is 12.4. The highest BCUT2D eigenvalue weighted by atomic mass is 32.1. The predicted molar refractivity (Wildman–Crippen MR) is 107 cm³/mol. The Kier molecular flexibility index (Phi) is 4.06. The molecule has 2 N–H and O–H groups in total. The minimum absolute atomic E-state index is 0.214. The lowest BCUT2D eigenvalue weighted by atomic mass is 10.2. The number of nitrogens with zero attached hydrogens (tertiary/aromatic N) is 3. The Morgan fingerprint density at radius 2 is 1.93 bits per heavy atom. The van der Waals surface area contributed by atoms with Crippen LogP contribution >= 0.6 is 22.7 Å². The van der Waals surface area contributed by atoms with Gasteiger partial charge in [0.25, 0.3) is 5.91 Å². The van der Waals surface area contributed by atoms with Crippen molar-refractivity contribution in [2.45, 2.75) is 18.8 Å². The molecule has 5 rings (SSSR count). The summed E-state index contributed by atoms with van der Waals surface area (Å²) in [6.45, 7) is 0. The Balaban J connectivity index is 1.28. The molecule has 0 atom stereocenters. The van der Waals surface area contributed by atoms with Crippen LogP contribution in [0, 0.1) is 0 Å². The van der Waals surface area contributed by atoms with Gasteiger partial charge in [0.05, 0.1) is 0 Å². The molecular weight excluding hydrogens is 378 g/mol. The second-order valence-electron chi connectivity index (χ2n) is 6.40. The molecule has 1 fully saturated rings. The first-order valence-corrected chi connectivity index (χ1v) is 10.4. The van der Waals surface area contributed by atoms with Gasteiger partial charge in [-0.2, -0.15) is 16.4 Å². The maximum atomic E-state index is 12.4. The fourth-order valence-corrected chi connectivity index (χ4v) is 4.25. The molecule has 6 nitrogen and oxygen atoms in total. The van der Waals surface area contributed by atoms with E-state index in [9.17, 15) is 4.79 Å². The largest absolute Gasteiger partial charge is 0.321 e. The van der Waals surface area contributed by atoms with Gasteiger partial charge in [-0.25, -0.2) is 9.97 Å². The molecule has 0 aliphatic heterocycles. The summed E-state index contributed by atoms with van der Waals surface area (Å²) < 4.78 is 0. The van der Waals surface area contributed by atoms with Crippen LogP contribution < -0.4 is 5.32 Å². The quantitative estimate of drug-likeness (QED) is 0.511. The molecule has 3 aromatic heterocycles. The molecule has 8 heteroatoms. The van der Waals surface area contributed by atoms with Gasteiger partial charge in [-0.3, -0.25) is 9.89 Å². The highest BCUT2D eigenvalue weighted by Crippen LogP contribution is 2.38. The third-order valence-electron chi connectivity index (χ3n) is 4.37. The number of nitrogens with one attached hydrogen (secondary N) is 2. The molecule has 1 amide bonds. The highest BCUT2D eigenvalue weighted by molar-refractivity contribution is 7.14. The minimum atomic E-state index is -0.214. The van der Waals surface area contributed by atoms with Gasteiger partial charge in [0.2, 0.25) is 0 Å². The second kappa shape index (κ2) is 6.71. The molecule has 0 saturated heterocycles. The smallest absolute Gasteiger partial charge is 0.275 e. The average Bonchev–Trinajstić information content (AvgIpc) is 3.14. The van der Waals surface area contributed by atoms with Gasteiger partial charge in [0, 0.05) is 33.5 Å². The van der Waals surface area contributed by atoms with E-state index in [-0.39, 0.29) is 5.91 Å². The summed E-state index contributed by atoms with van der Waals surface area (Å²) in [6.07, 6.45) is 2.37. The number of hydrogen-bond acceptors (Lipinski definition) is 6. The Labute approximate surface area is 163 Å². The van der Waals surface area contributed by atoms with Crippen LogP contribution in [0.15, 0.2) is 46.5 Å². The summed E-state index contributed by atoms with van der Waals surface area (Å²) >= 11 is 3.08. The third kappa shape index (κ3) is 3.41. The van der Waals surface area contributed by atoms with Crippen LogP contribution in [-0.2, 0) is 0 Å². The van der Waals surface area contributed by atoms with Crippen LogP contribution in [0.5, 0.6) is 0 Å². The summed E-state index contributed by atoms with van der Waals surface area (Å²) in [5.41, 5.74) is 3.11. The van der Waals surface area contributed by atoms with Crippen molar-refractivity contribution in [1.82, 2.24) is 20.2 Å². The summed E-state index contributed by atoms with van der Waals surface area (Å²) in [5.74, 6) is 1.98. The van der Waals surface area contributed by atoms with E-state index in [1.165, 1.54) is 24.2 Å². The van der Waals surface area contributed by atoms with E-state index in [1.54, 1.807) is 16.7 Å². The lowest BCUT2D eigenvalue weighted by molar-refractivity contribution is 0.102. The van der Waals surface area contributed by atoms with Gasteiger partial charge >= 0.3 is 0 Å². The number of thiazole rings is 1. The standard InChI is InChI=1S/C19H15N5OS2/c25-18(15-10-27-19(21-15)13-7-8-26-9-13)20-14-5-3-12(4-6-14)17-22-16(23-24-17)11-1-2-11/h3-11H,1-2H2,(H,20,25)(H,22,23,24). The number of benzene rings is 1. The zero-order valence-electron chi connectivity index (χ0n) is 14.2. The molecule has 0 bridgehead atoms. The Bertz CT molecular complexity index is 1080. The summed E-state index contributed by atoms with van der Waals surface area (Å²) in [4.78, 5) is 21.4. The molecule has 0 radical (unpaired) electrons. The number of hydrogen-bond donors (Lipinski definition) is 2. The highest BCUT2D eigenvalue weighted by Gasteiger charge is 2.27. The van der Waals surface area contributed by atoms with Gasteiger partial charge in [-0.05, 0) is 48.6 Å². The van der Waals surface area contributed by atoms with Gasteiger partial charge in [-0.15, -0.1) is 11.3 Å². The van der Waals surface area contributed by atoms with Crippen molar-refractivity contribution in [3.05, 3.63) is 58.0 Å². The van der Waals surface area contributed by atoms with Crippen molar-refractivity contribution in [3.8, 4) is 22.0 Å². The van der Waals surface area contributed by atoms with Crippen LogP contribution in [0.1, 0.15) is 35.1 Å². The van der Waals surface area contributed by atoms with E-state index in [0.29, 0.717) is 23.1 Å². The average molecular weight is 393 g/mol. The fourth-order valence-electron chi connectivity index (χ4n) is 2.74. The normalized spacial score (nSPS) is 13.6. The number of aromatic nitrogens is 4. The van der Waals surface area contributed by atoms with E-state index >= 15 is 0 Å². The van der Waals surface area contributed by atoms with Crippen molar-refractivity contribution >= 4 is 34.3 Å². The number of carbonyl (C=O) groups excluding carboxylic acids is 1. The van der Waals surface area contributed by atoms with Crippen molar-refractivity contribution in [3.63, 3.8) is 0 Å². The Hall–Kier alpha value is -2.84. The molecule has 3 heterocycles. The molecular formula is C19H15N5OS2. The molecule has 27 heavy (non-hydrogen) atoms. The lowest BCUT2D eigenvalue weighted by Gasteiger charge is -2.03. The first kappa shape index (κ1) is 16.3. The molecule has 4 aromatic rings. The molecule has 0 spiro atoms. The molecule has 0 unspecified atom stereocenters. The number of amides is 1. The van der Waals surface area contributed by atoms with E-state index in [4.69, 9.17) is 0 Å². The zero-order valence-corrected chi connectivity index (χ0v) is 15.8. The number of aromatic amines is 1. The SMILES string of the molecule is O=C(Nc1ccc(-c2n[nH]c(C3CC3)n2)cc1)c1csc(-c2ccsc2)n1. The van der Waals surface area contributed by atoms with Gasteiger partial charge < -0.3 is 5.32 Å². The van der Waals surface area contributed by atoms with E-state index < -0.39 is 0 Å². The summed E-state index contributed by atoms with van der Waals surface area (Å²) in [5, 5.41) is 16.8. The number of thiophene rings is 1. The van der Waals surface area contributed by atoms with Crippen LogP contribution in [0.2, 0.25) is 0 Å². The third-order valence-corrected chi connectivity index (χ3v) is 5.95. The first-order valence-electron chi connectivity index (χ1n) is 8.58. The molecule has 134 valence electrons. The molecule has 1 aromatic carbocycles. The molecule has 1 saturated carbocycles. The number of anilines is 1. The van der Waals surface area contributed by atoms with Crippen LogP contribution in [0.4, 0.5) is 5.69 Å². The van der Waals surface area contributed by atoms with Crippen LogP contribution in [0.25, 0.3) is 22.0 Å². The monoisotopic (exact) mass is 393 g/mol. The number of H-pyrrole nitrogens is 1. The topological polar surface area (TPSA) is 83.6 Å². The molecule has 1 aliphatic rings. The zero-order chi connectivity index (χ0) is 18.2. The predicted octanol–water partition coefficient (Wildman–Crippen LogP) is 4.79. The summed E-state index contributed by atoms with van der Waals surface area (Å²) in [7, 11) is 0. The van der Waals surface area contributed by atoms with Crippen molar-refractivity contribution in [2.75, 3.05) is 5.32 Å². The van der Waals surface area contributed by atoms with Crippen molar-refractivity contribution in [1.29, 1.82) is 0 Å². The lowest BCUT2D eigenvalue weighted by Crippen LogP contribution is -2.12. The fraction of sp³-hybridized carbons (Fsp3) is 0.158. The van der Waals surface area contributed by atoms with E-state index in [1.807, 2.05) is 41.1 Å². The Morgan fingerprint density at radius 1 is 1.07 bits per heavy atom. The van der Waals surface area contributed by atoms with Gasteiger partial charge in [0.1, 0.15) is 16.5 Å². The minimum Gasteiger partial charge on any atom is -0.321 e. The number of carbonyl (C=O) groups is 1. The Morgan fingerprint density at radius 3 is 2.67 bits per heavy atom. The first-order chi connectivity index (χ1) is 13.3. The van der Waals surface area contributed by atoms with Gasteiger partial charge in [0.15, 0.2) is 5.82 Å². The second-order valence-corrected chi connectivity index (χ2v) is 8.04. The van der Waals surface area contributed by atoms with Gasteiger partial charge in [-0.1, -0.05) is 0 Å². The maximum Gasteiger partial charge on any atom is 0.275 e. The van der Waals surface area contributed by atoms with Crippen molar-refractivity contribution in [2.24, 2.45) is 0 Å². The molecule has 1 aliphatic carbocycles. The summed E-state index contributed by atoms with van der Waals surface area (Å²) in [6, 6.07) is 9.53. The van der Waals surface area contributed by atoms with E-state index in [2.05, 4.69) is 25.5 Å².